The topological polar surface area (TPSA) is 23.8 Å². The number of nitrogens with zero attached hydrogens (tertiary/aromatic N) is 1. The Morgan fingerprint density at radius 3 is 2.04 bits per heavy atom. The lowest BCUT2D eigenvalue weighted by molar-refractivity contribution is 0.0146. The number of nitriles is 1. The molecule has 1 heteroatoms. The van der Waals surface area contributed by atoms with E-state index in [1.54, 1.807) is 0 Å². The lowest BCUT2D eigenvalue weighted by Gasteiger charge is -2.50. The summed E-state index contributed by atoms with van der Waals surface area (Å²) in [6, 6.07) is 2.90. The predicted octanol–water partition coefficient (Wildman–Crippen LogP) is 8.68. The molecular formula is C27H47N. The first-order valence-corrected chi connectivity index (χ1v) is 13.1. The summed E-state index contributed by atoms with van der Waals surface area (Å²) in [6.07, 6.45) is 25.2. The van der Waals surface area contributed by atoms with Crippen LogP contribution >= 0.6 is 0 Å². The number of hydrogen-bond acceptors (Lipinski definition) is 1. The third-order valence-electron chi connectivity index (χ3n) is 9.12. The van der Waals surface area contributed by atoms with E-state index in [4.69, 9.17) is 0 Å². The molecule has 0 amide bonds. The van der Waals surface area contributed by atoms with E-state index >= 15 is 0 Å². The molecule has 28 heavy (non-hydrogen) atoms. The molecule has 3 fully saturated rings. The van der Waals surface area contributed by atoms with Crippen LogP contribution in [0.4, 0.5) is 0 Å². The van der Waals surface area contributed by atoms with Crippen molar-refractivity contribution < 1.29 is 0 Å². The zero-order valence-corrected chi connectivity index (χ0v) is 19.1. The minimum atomic E-state index is 0.0585. The SMILES string of the molecule is CCCCCC1CCC(C2CCC3(C#N)CC(CCCCC)CCC3C2)CC1. The molecule has 160 valence electrons. The second-order valence-corrected chi connectivity index (χ2v) is 10.9. The van der Waals surface area contributed by atoms with Gasteiger partial charge in [0.2, 0.25) is 0 Å². The highest BCUT2D eigenvalue weighted by molar-refractivity contribution is 5.09. The van der Waals surface area contributed by atoms with E-state index in [1.807, 2.05) is 0 Å². The van der Waals surface area contributed by atoms with Crippen molar-refractivity contribution in [3.05, 3.63) is 0 Å². The van der Waals surface area contributed by atoms with Crippen molar-refractivity contribution in [2.45, 2.75) is 129 Å². The highest BCUT2D eigenvalue weighted by Crippen LogP contribution is 2.56. The molecule has 0 bridgehead atoms. The Kier molecular flexibility index (Phi) is 8.74. The van der Waals surface area contributed by atoms with E-state index in [-0.39, 0.29) is 5.41 Å². The minimum absolute atomic E-state index is 0.0585. The monoisotopic (exact) mass is 385 g/mol. The Hall–Kier alpha value is -0.510. The smallest absolute Gasteiger partial charge is 0.0692 e. The summed E-state index contributed by atoms with van der Waals surface area (Å²) in [7, 11) is 0. The van der Waals surface area contributed by atoms with Crippen molar-refractivity contribution in [1.82, 2.24) is 0 Å². The van der Waals surface area contributed by atoms with Gasteiger partial charge in [0.15, 0.2) is 0 Å². The molecule has 0 N–H and O–H groups in total. The van der Waals surface area contributed by atoms with Gasteiger partial charge < -0.3 is 0 Å². The van der Waals surface area contributed by atoms with Crippen molar-refractivity contribution in [3.8, 4) is 6.07 Å². The maximum atomic E-state index is 10.2. The van der Waals surface area contributed by atoms with Crippen LogP contribution in [0.2, 0.25) is 0 Å². The molecule has 0 aromatic carbocycles. The molecule has 4 atom stereocenters. The second kappa shape index (κ2) is 11.0. The zero-order chi connectivity index (χ0) is 19.8. The third kappa shape index (κ3) is 5.55. The summed E-state index contributed by atoms with van der Waals surface area (Å²) in [5.41, 5.74) is 0.0585. The van der Waals surface area contributed by atoms with Crippen LogP contribution < -0.4 is 0 Å². The maximum Gasteiger partial charge on any atom is 0.0692 e. The van der Waals surface area contributed by atoms with Gasteiger partial charge in [0.1, 0.15) is 0 Å². The van der Waals surface area contributed by atoms with Gasteiger partial charge in [-0.15, -0.1) is 0 Å². The summed E-state index contributed by atoms with van der Waals surface area (Å²) in [4.78, 5) is 0. The molecular weight excluding hydrogens is 338 g/mol. The van der Waals surface area contributed by atoms with Crippen molar-refractivity contribution in [2.75, 3.05) is 0 Å². The minimum Gasteiger partial charge on any atom is -0.198 e. The Morgan fingerprint density at radius 1 is 0.750 bits per heavy atom. The van der Waals surface area contributed by atoms with Gasteiger partial charge in [-0.3, -0.25) is 0 Å². The first kappa shape index (κ1) is 22.2. The van der Waals surface area contributed by atoms with Crippen molar-refractivity contribution in [1.29, 1.82) is 5.26 Å². The number of rotatable bonds is 9. The van der Waals surface area contributed by atoms with Crippen molar-refractivity contribution in [3.63, 3.8) is 0 Å². The fourth-order valence-corrected chi connectivity index (χ4v) is 7.25. The van der Waals surface area contributed by atoms with Gasteiger partial charge >= 0.3 is 0 Å². The molecule has 0 aliphatic heterocycles. The average Bonchev–Trinajstić information content (AvgIpc) is 2.74. The van der Waals surface area contributed by atoms with Gasteiger partial charge in [0.25, 0.3) is 0 Å². The fourth-order valence-electron chi connectivity index (χ4n) is 7.25. The van der Waals surface area contributed by atoms with E-state index in [0.29, 0.717) is 0 Å². The first-order valence-electron chi connectivity index (χ1n) is 13.1. The van der Waals surface area contributed by atoms with E-state index in [9.17, 15) is 5.26 Å². The fraction of sp³-hybridized carbons (Fsp3) is 0.963. The Bertz CT molecular complexity index is 483. The Balaban J connectivity index is 1.46. The molecule has 4 unspecified atom stereocenters. The van der Waals surface area contributed by atoms with E-state index in [0.717, 1.165) is 29.6 Å². The number of unbranched alkanes of at least 4 members (excludes halogenated alkanes) is 4. The van der Waals surface area contributed by atoms with Crippen molar-refractivity contribution >= 4 is 0 Å². The van der Waals surface area contributed by atoms with Crippen LogP contribution in [0.15, 0.2) is 0 Å². The summed E-state index contributed by atoms with van der Waals surface area (Å²) in [6.45, 7) is 4.62. The number of hydrogen-bond donors (Lipinski definition) is 0. The van der Waals surface area contributed by atoms with Crippen LogP contribution in [-0.2, 0) is 0 Å². The van der Waals surface area contributed by atoms with E-state index in [1.165, 1.54) is 116 Å². The van der Waals surface area contributed by atoms with Crippen LogP contribution in [0.1, 0.15) is 129 Å². The standard InChI is InChI=1S/C27H47N/c1-3-5-7-9-22-11-14-24(15-12-22)25-17-18-27(21-28)20-23(10-8-6-4-2)13-16-26(27)19-25/h22-26H,3-20H2,1-2H3. The van der Waals surface area contributed by atoms with Gasteiger partial charge in [0.05, 0.1) is 11.5 Å². The maximum absolute atomic E-state index is 10.2. The molecule has 1 nitrogen and oxygen atoms in total. The van der Waals surface area contributed by atoms with Crippen LogP contribution in [0.3, 0.4) is 0 Å². The molecule has 0 radical (unpaired) electrons. The lowest BCUT2D eigenvalue weighted by atomic mass is 9.53. The highest BCUT2D eigenvalue weighted by Gasteiger charge is 2.48. The molecule has 0 heterocycles. The summed E-state index contributed by atoms with van der Waals surface area (Å²) in [5.74, 6) is 4.53. The van der Waals surface area contributed by atoms with Crippen LogP contribution in [0.25, 0.3) is 0 Å². The molecule has 0 aromatic heterocycles. The molecule has 0 aromatic rings. The third-order valence-corrected chi connectivity index (χ3v) is 9.12. The summed E-state index contributed by atoms with van der Waals surface area (Å²) in [5, 5.41) is 10.2. The Labute approximate surface area is 176 Å². The van der Waals surface area contributed by atoms with Crippen LogP contribution in [0, 0.1) is 46.3 Å². The number of fused-ring (bicyclic) bond motifs is 1. The Morgan fingerprint density at radius 2 is 1.39 bits per heavy atom. The van der Waals surface area contributed by atoms with Gasteiger partial charge in [-0.05, 0) is 74.5 Å². The quantitative estimate of drug-likeness (QED) is 0.364. The molecule has 3 aliphatic rings. The van der Waals surface area contributed by atoms with Gasteiger partial charge in [-0.25, -0.2) is 0 Å². The molecule has 3 saturated carbocycles. The zero-order valence-electron chi connectivity index (χ0n) is 19.1. The first-order chi connectivity index (χ1) is 13.7. The van der Waals surface area contributed by atoms with Gasteiger partial charge in [-0.1, -0.05) is 84.5 Å². The largest absolute Gasteiger partial charge is 0.198 e. The van der Waals surface area contributed by atoms with Gasteiger partial charge in [-0.2, -0.15) is 5.26 Å². The molecule has 0 spiro atoms. The van der Waals surface area contributed by atoms with E-state index in [2.05, 4.69) is 19.9 Å². The predicted molar refractivity (Wildman–Crippen MR) is 120 cm³/mol. The average molecular weight is 386 g/mol. The lowest BCUT2D eigenvalue weighted by Crippen LogP contribution is -2.42. The van der Waals surface area contributed by atoms with Crippen LogP contribution in [-0.4, -0.2) is 0 Å². The second-order valence-electron chi connectivity index (χ2n) is 10.9. The summed E-state index contributed by atoms with van der Waals surface area (Å²) < 4.78 is 0. The normalized spacial score (nSPS) is 38.5. The van der Waals surface area contributed by atoms with Gasteiger partial charge in [0, 0.05) is 0 Å². The highest BCUT2D eigenvalue weighted by atomic mass is 14.5. The van der Waals surface area contributed by atoms with Crippen molar-refractivity contribution in [2.24, 2.45) is 35.0 Å². The molecule has 3 rings (SSSR count). The molecule has 3 aliphatic carbocycles. The van der Waals surface area contributed by atoms with E-state index < -0.39 is 0 Å². The summed E-state index contributed by atoms with van der Waals surface area (Å²) >= 11 is 0. The molecule has 0 saturated heterocycles. The van der Waals surface area contributed by atoms with Crippen LogP contribution in [0.5, 0.6) is 0 Å².